The van der Waals surface area contributed by atoms with Gasteiger partial charge in [0.1, 0.15) is 16.9 Å². The van der Waals surface area contributed by atoms with Crippen molar-refractivity contribution in [3.05, 3.63) is 29.8 Å². The summed E-state index contributed by atoms with van der Waals surface area (Å²) < 4.78 is 15.3. The fourth-order valence-corrected chi connectivity index (χ4v) is 3.32. The van der Waals surface area contributed by atoms with Crippen molar-refractivity contribution in [2.45, 2.75) is 57.7 Å². The molecule has 1 fully saturated rings. The Hall–Kier alpha value is -2.77. The molecule has 2 rings (SSSR count). The summed E-state index contributed by atoms with van der Waals surface area (Å²) in [5, 5.41) is 2.67. The molecular weight excluding hydrogens is 376 g/mol. The Morgan fingerprint density at radius 2 is 1.83 bits per heavy atom. The molecule has 8 nitrogen and oxygen atoms in total. The maximum atomic E-state index is 12.5. The number of hydrogen-bond acceptors (Lipinski definition) is 6. The van der Waals surface area contributed by atoms with E-state index in [2.05, 4.69) is 5.32 Å². The van der Waals surface area contributed by atoms with Crippen LogP contribution in [-0.2, 0) is 25.6 Å². The van der Waals surface area contributed by atoms with Gasteiger partial charge in [-0.1, -0.05) is 12.1 Å². The number of carbonyl (C=O) groups is 3. The zero-order valence-electron chi connectivity index (χ0n) is 17.7. The summed E-state index contributed by atoms with van der Waals surface area (Å²) in [5.41, 5.74) is -0.701. The molecule has 0 aliphatic carbocycles. The van der Waals surface area contributed by atoms with Gasteiger partial charge in [0.2, 0.25) is 5.91 Å². The molecule has 1 atom stereocenters. The molecule has 1 saturated heterocycles. The SMILES string of the molecule is COC(=O)C1(CCCNC(=O)OC(C)(C)C)CC(=O)N1Cc1ccc(OC)cc1. The molecule has 0 spiro atoms. The Labute approximate surface area is 171 Å². The number of ether oxygens (including phenoxy) is 3. The highest BCUT2D eigenvalue weighted by Gasteiger charge is 2.56. The first-order valence-corrected chi connectivity index (χ1v) is 9.60. The van der Waals surface area contributed by atoms with Crippen LogP contribution in [0.25, 0.3) is 0 Å². The van der Waals surface area contributed by atoms with Gasteiger partial charge in [0.15, 0.2) is 0 Å². The maximum absolute atomic E-state index is 12.5. The molecule has 1 unspecified atom stereocenters. The Bertz CT molecular complexity index is 741. The summed E-state index contributed by atoms with van der Waals surface area (Å²) in [6.45, 7) is 6.00. The van der Waals surface area contributed by atoms with Crippen LogP contribution in [0.1, 0.15) is 45.6 Å². The van der Waals surface area contributed by atoms with Crippen LogP contribution in [0.3, 0.4) is 0 Å². The van der Waals surface area contributed by atoms with E-state index < -0.39 is 23.2 Å². The molecule has 1 aromatic rings. The Kier molecular flexibility index (Phi) is 7.11. The number of esters is 1. The zero-order valence-corrected chi connectivity index (χ0v) is 17.7. The minimum Gasteiger partial charge on any atom is -0.497 e. The first-order chi connectivity index (χ1) is 13.6. The number of rotatable bonds is 8. The molecule has 2 amide bonds. The van der Waals surface area contributed by atoms with Gasteiger partial charge in [-0.25, -0.2) is 9.59 Å². The van der Waals surface area contributed by atoms with Crippen LogP contribution in [0.2, 0.25) is 0 Å². The van der Waals surface area contributed by atoms with Crippen LogP contribution < -0.4 is 10.1 Å². The van der Waals surface area contributed by atoms with Gasteiger partial charge in [0, 0.05) is 13.1 Å². The minimum atomic E-state index is -1.01. The highest BCUT2D eigenvalue weighted by atomic mass is 16.6. The second-order valence-electron chi connectivity index (χ2n) is 8.06. The minimum absolute atomic E-state index is 0.0995. The molecule has 29 heavy (non-hydrogen) atoms. The van der Waals surface area contributed by atoms with Gasteiger partial charge in [0.05, 0.1) is 20.6 Å². The van der Waals surface area contributed by atoms with Crippen molar-refractivity contribution in [3.63, 3.8) is 0 Å². The predicted molar refractivity (Wildman–Crippen MR) is 106 cm³/mol. The molecule has 0 saturated carbocycles. The number of carbonyl (C=O) groups excluding carboxylic acids is 3. The molecule has 0 bridgehead atoms. The smallest absolute Gasteiger partial charge is 0.407 e. The number of amides is 2. The lowest BCUT2D eigenvalue weighted by atomic mass is 9.79. The first kappa shape index (κ1) is 22.5. The molecule has 1 aliphatic heterocycles. The fourth-order valence-electron chi connectivity index (χ4n) is 3.32. The van der Waals surface area contributed by atoms with E-state index in [1.54, 1.807) is 32.8 Å². The van der Waals surface area contributed by atoms with E-state index in [-0.39, 0.29) is 12.3 Å². The normalized spacial score (nSPS) is 18.7. The van der Waals surface area contributed by atoms with Crippen LogP contribution >= 0.6 is 0 Å². The summed E-state index contributed by atoms with van der Waals surface area (Å²) in [6, 6.07) is 7.33. The zero-order chi connectivity index (χ0) is 21.7. The predicted octanol–water partition coefficient (Wildman–Crippen LogP) is 2.64. The van der Waals surface area contributed by atoms with Gasteiger partial charge in [-0.15, -0.1) is 0 Å². The lowest BCUT2D eigenvalue weighted by Crippen LogP contribution is -2.67. The number of benzene rings is 1. The monoisotopic (exact) mass is 406 g/mol. The van der Waals surface area contributed by atoms with Crippen LogP contribution in [-0.4, -0.2) is 54.8 Å². The quantitative estimate of drug-likeness (QED) is 0.405. The highest BCUT2D eigenvalue weighted by Crippen LogP contribution is 2.38. The lowest BCUT2D eigenvalue weighted by Gasteiger charge is -2.49. The topological polar surface area (TPSA) is 94.2 Å². The third-order valence-corrected chi connectivity index (χ3v) is 4.76. The Morgan fingerprint density at radius 1 is 1.17 bits per heavy atom. The van der Waals surface area contributed by atoms with Crippen molar-refractivity contribution < 1.29 is 28.6 Å². The molecule has 1 heterocycles. The molecule has 160 valence electrons. The Morgan fingerprint density at radius 3 is 2.34 bits per heavy atom. The number of hydrogen-bond donors (Lipinski definition) is 1. The maximum Gasteiger partial charge on any atom is 0.407 e. The molecule has 1 aromatic carbocycles. The average Bonchev–Trinajstić information content (AvgIpc) is 2.66. The molecular formula is C21H30N2O6. The van der Waals surface area contributed by atoms with E-state index in [0.717, 1.165) is 11.3 Å². The number of methoxy groups -OCH3 is 2. The van der Waals surface area contributed by atoms with Gasteiger partial charge in [0.25, 0.3) is 0 Å². The number of nitrogens with one attached hydrogen (secondary N) is 1. The van der Waals surface area contributed by atoms with Crippen molar-refractivity contribution in [2.75, 3.05) is 20.8 Å². The number of β-lactam (4-membered cyclic amide) rings is 1. The summed E-state index contributed by atoms with van der Waals surface area (Å²) in [6.07, 6.45) is 0.477. The van der Waals surface area contributed by atoms with Crippen LogP contribution in [0.15, 0.2) is 24.3 Å². The van der Waals surface area contributed by atoms with Crippen molar-refractivity contribution in [3.8, 4) is 5.75 Å². The van der Waals surface area contributed by atoms with Gasteiger partial charge in [-0.05, 0) is 51.3 Å². The van der Waals surface area contributed by atoms with Crippen LogP contribution in [0, 0.1) is 0 Å². The molecule has 0 aromatic heterocycles. The summed E-state index contributed by atoms with van der Waals surface area (Å²) >= 11 is 0. The Balaban J connectivity index is 2.00. The third kappa shape index (κ3) is 5.62. The van der Waals surface area contributed by atoms with Crippen LogP contribution in [0.4, 0.5) is 4.79 Å². The van der Waals surface area contributed by atoms with E-state index in [9.17, 15) is 14.4 Å². The second-order valence-corrected chi connectivity index (χ2v) is 8.06. The number of likely N-dealkylation sites (tertiary alicyclic amines) is 1. The van der Waals surface area contributed by atoms with E-state index in [0.29, 0.717) is 25.9 Å². The molecule has 1 N–H and O–H groups in total. The van der Waals surface area contributed by atoms with Crippen molar-refractivity contribution >= 4 is 18.0 Å². The van der Waals surface area contributed by atoms with E-state index >= 15 is 0 Å². The highest BCUT2D eigenvalue weighted by molar-refractivity contribution is 5.99. The lowest BCUT2D eigenvalue weighted by molar-refractivity contribution is -0.180. The van der Waals surface area contributed by atoms with Gasteiger partial charge in [-0.2, -0.15) is 0 Å². The van der Waals surface area contributed by atoms with Crippen molar-refractivity contribution in [1.29, 1.82) is 0 Å². The average molecular weight is 406 g/mol. The number of alkyl carbamates (subject to hydrolysis) is 1. The van der Waals surface area contributed by atoms with Crippen molar-refractivity contribution in [2.24, 2.45) is 0 Å². The molecule has 8 heteroatoms. The molecule has 0 radical (unpaired) electrons. The third-order valence-electron chi connectivity index (χ3n) is 4.76. The first-order valence-electron chi connectivity index (χ1n) is 9.60. The van der Waals surface area contributed by atoms with Crippen LogP contribution in [0.5, 0.6) is 5.75 Å². The largest absolute Gasteiger partial charge is 0.497 e. The summed E-state index contributed by atoms with van der Waals surface area (Å²) in [4.78, 5) is 38.1. The van der Waals surface area contributed by atoms with Crippen molar-refractivity contribution in [1.82, 2.24) is 10.2 Å². The summed E-state index contributed by atoms with van der Waals surface area (Å²) in [5.74, 6) is 0.172. The van der Waals surface area contributed by atoms with E-state index in [1.165, 1.54) is 7.11 Å². The fraction of sp³-hybridized carbons (Fsp3) is 0.571. The summed E-state index contributed by atoms with van der Waals surface area (Å²) in [7, 11) is 2.90. The van der Waals surface area contributed by atoms with Gasteiger partial charge in [-0.3, -0.25) is 4.79 Å². The standard InChI is InChI=1S/C21H30N2O6/c1-20(2,3)29-19(26)22-12-6-11-21(18(25)28-5)13-17(24)23(21)14-15-7-9-16(27-4)10-8-15/h7-10H,6,11-14H2,1-5H3,(H,22,26). The number of nitrogens with zero attached hydrogens (tertiary/aromatic N) is 1. The van der Waals surface area contributed by atoms with Gasteiger partial charge < -0.3 is 24.4 Å². The molecule has 1 aliphatic rings. The van der Waals surface area contributed by atoms with E-state index in [4.69, 9.17) is 14.2 Å². The van der Waals surface area contributed by atoms with E-state index in [1.807, 2.05) is 24.3 Å². The van der Waals surface area contributed by atoms with Gasteiger partial charge >= 0.3 is 12.1 Å². The second kappa shape index (κ2) is 9.15.